The van der Waals surface area contributed by atoms with Gasteiger partial charge in [-0.05, 0) is 38.4 Å². The predicted molar refractivity (Wildman–Crippen MR) is 77.0 cm³/mol. The molecular weight excluding hydrogens is 236 g/mol. The fourth-order valence-electron chi connectivity index (χ4n) is 2.59. The molecule has 1 fully saturated rings. The van der Waals surface area contributed by atoms with Gasteiger partial charge in [-0.2, -0.15) is 0 Å². The number of piperidine rings is 1. The molecule has 0 aliphatic carbocycles. The molecule has 0 bridgehead atoms. The summed E-state index contributed by atoms with van der Waals surface area (Å²) < 4.78 is 6.08. The maximum atomic E-state index is 6.08. The molecule has 0 spiro atoms. The van der Waals surface area contributed by atoms with E-state index in [1.54, 1.807) is 0 Å². The third-order valence-electron chi connectivity index (χ3n) is 3.78. The molecule has 100 valence electrons. The summed E-state index contributed by atoms with van der Waals surface area (Å²) >= 11 is 0. The lowest BCUT2D eigenvalue weighted by atomic mass is 9.96. The van der Waals surface area contributed by atoms with Gasteiger partial charge < -0.3 is 10.1 Å². The van der Waals surface area contributed by atoms with E-state index >= 15 is 0 Å². The van der Waals surface area contributed by atoms with Crippen molar-refractivity contribution < 1.29 is 4.74 Å². The third-order valence-corrected chi connectivity index (χ3v) is 3.78. The van der Waals surface area contributed by atoms with Crippen LogP contribution in [0, 0.1) is 0 Å². The minimum Gasteiger partial charge on any atom is -0.368 e. The standard InChI is InChI=1S/C16H20N2O/c1-16(9-4-10-17-12-16)19-11-14-8-7-13-5-2-3-6-15(13)18-14/h2-3,5-8,17H,4,9-12H2,1H3. The van der Waals surface area contributed by atoms with Crippen LogP contribution in [0.1, 0.15) is 25.5 Å². The molecule has 2 aromatic rings. The van der Waals surface area contributed by atoms with Crippen LogP contribution in [-0.4, -0.2) is 23.7 Å². The number of pyridine rings is 1. The van der Waals surface area contributed by atoms with Gasteiger partial charge >= 0.3 is 0 Å². The zero-order chi connectivity index (χ0) is 13.1. The summed E-state index contributed by atoms with van der Waals surface area (Å²) in [4.78, 5) is 4.65. The van der Waals surface area contributed by atoms with E-state index < -0.39 is 0 Å². The molecule has 2 heterocycles. The van der Waals surface area contributed by atoms with Gasteiger partial charge in [0, 0.05) is 11.9 Å². The van der Waals surface area contributed by atoms with E-state index in [2.05, 4.69) is 35.4 Å². The number of hydrogen-bond acceptors (Lipinski definition) is 3. The Labute approximate surface area is 114 Å². The normalized spacial score (nSPS) is 23.6. The van der Waals surface area contributed by atoms with Gasteiger partial charge in [0.1, 0.15) is 0 Å². The lowest BCUT2D eigenvalue weighted by molar-refractivity contribution is -0.0582. The Morgan fingerprint density at radius 2 is 2.16 bits per heavy atom. The Hall–Kier alpha value is -1.45. The van der Waals surface area contributed by atoms with Crippen molar-refractivity contribution in [1.29, 1.82) is 0 Å². The predicted octanol–water partition coefficient (Wildman–Crippen LogP) is 2.89. The fourth-order valence-corrected chi connectivity index (χ4v) is 2.59. The Bertz CT molecular complexity index is 561. The number of rotatable bonds is 3. The van der Waals surface area contributed by atoms with E-state index in [4.69, 9.17) is 4.74 Å². The summed E-state index contributed by atoms with van der Waals surface area (Å²) in [6.07, 6.45) is 2.30. The van der Waals surface area contributed by atoms with Crippen LogP contribution in [0.15, 0.2) is 36.4 Å². The topological polar surface area (TPSA) is 34.1 Å². The molecular formula is C16H20N2O. The molecule has 3 heteroatoms. The smallest absolute Gasteiger partial charge is 0.0896 e. The highest BCUT2D eigenvalue weighted by Crippen LogP contribution is 2.22. The first-order chi connectivity index (χ1) is 9.25. The first-order valence-electron chi connectivity index (χ1n) is 6.95. The number of nitrogens with one attached hydrogen (secondary N) is 1. The van der Waals surface area contributed by atoms with Gasteiger partial charge in [0.2, 0.25) is 0 Å². The maximum Gasteiger partial charge on any atom is 0.0896 e. The number of nitrogens with zero attached hydrogens (tertiary/aromatic N) is 1. The van der Waals surface area contributed by atoms with Crippen molar-refractivity contribution in [2.24, 2.45) is 0 Å². The van der Waals surface area contributed by atoms with Gasteiger partial charge in [-0.1, -0.05) is 24.3 Å². The summed E-state index contributed by atoms with van der Waals surface area (Å²) in [5.74, 6) is 0. The summed E-state index contributed by atoms with van der Waals surface area (Å²) in [6, 6.07) is 12.4. The number of benzene rings is 1. The van der Waals surface area contributed by atoms with Crippen molar-refractivity contribution in [2.45, 2.75) is 32.0 Å². The molecule has 1 aliphatic rings. The molecule has 0 amide bonds. The van der Waals surface area contributed by atoms with Crippen LogP contribution in [0.25, 0.3) is 10.9 Å². The van der Waals surface area contributed by atoms with Crippen LogP contribution in [0.3, 0.4) is 0 Å². The molecule has 19 heavy (non-hydrogen) atoms. The first-order valence-corrected chi connectivity index (χ1v) is 6.95. The van der Waals surface area contributed by atoms with Crippen molar-refractivity contribution in [3.63, 3.8) is 0 Å². The van der Waals surface area contributed by atoms with Crippen LogP contribution in [0.2, 0.25) is 0 Å². The Morgan fingerprint density at radius 3 is 3.00 bits per heavy atom. The van der Waals surface area contributed by atoms with Gasteiger partial charge in [-0.15, -0.1) is 0 Å². The van der Waals surface area contributed by atoms with Crippen molar-refractivity contribution >= 4 is 10.9 Å². The molecule has 0 saturated carbocycles. The zero-order valence-electron chi connectivity index (χ0n) is 11.4. The molecule has 3 rings (SSSR count). The quantitative estimate of drug-likeness (QED) is 0.917. The number of para-hydroxylation sites is 1. The molecule has 1 aromatic carbocycles. The van der Waals surface area contributed by atoms with Crippen molar-refractivity contribution in [2.75, 3.05) is 13.1 Å². The Balaban J connectivity index is 1.71. The summed E-state index contributed by atoms with van der Waals surface area (Å²) in [7, 11) is 0. The number of aromatic nitrogens is 1. The second-order valence-electron chi connectivity index (χ2n) is 5.51. The van der Waals surface area contributed by atoms with Crippen LogP contribution >= 0.6 is 0 Å². The molecule has 1 aliphatic heterocycles. The maximum absolute atomic E-state index is 6.08. The number of fused-ring (bicyclic) bond motifs is 1. The highest BCUT2D eigenvalue weighted by molar-refractivity contribution is 5.78. The van der Waals surface area contributed by atoms with Crippen LogP contribution in [0.5, 0.6) is 0 Å². The summed E-state index contributed by atoms with van der Waals surface area (Å²) in [6.45, 7) is 4.80. The Morgan fingerprint density at radius 1 is 1.26 bits per heavy atom. The SMILES string of the molecule is CC1(OCc2ccc3ccccc3n2)CCCNC1. The van der Waals surface area contributed by atoms with E-state index in [-0.39, 0.29) is 5.60 Å². The lowest BCUT2D eigenvalue weighted by Crippen LogP contribution is -2.45. The minimum absolute atomic E-state index is 0.0500. The number of ether oxygens (including phenoxy) is 1. The largest absolute Gasteiger partial charge is 0.368 e. The van der Waals surface area contributed by atoms with Gasteiger partial charge in [0.25, 0.3) is 0 Å². The second kappa shape index (κ2) is 5.27. The minimum atomic E-state index is -0.0500. The van der Waals surface area contributed by atoms with Gasteiger partial charge in [-0.3, -0.25) is 4.98 Å². The molecule has 1 N–H and O–H groups in total. The monoisotopic (exact) mass is 256 g/mol. The van der Waals surface area contributed by atoms with Crippen molar-refractivity contribution in [3.8, 4) is 0 Å². The molecule has 1 aromatic heterocycles. The molecule has 3 nitrogen and oxygen atoms in total. The average Bonchev–Trinajstić information content (AvgIpc) is 2.46. The van der Waals surface area contributed by atoms with E-state index in [0.29, 0.717) is 6.61 Å². The Kier molecular flexibility index (Phi) is 3.49. The van der Waals surface area contributed by atoms with E-state index in [0.717, 1.165) is 30.7 Å². The van der Waals surface area contributed by atoms with Crippen LogP contribution in [-0.2, 0) is 11.3 Å². The van der Waals surface area contributed by atoms with Crippen molar-refractivity contribution in [1.82, 2.24) is 10.3 Å². The lowest BCUT2D eigenvalue weighted by Gasteiger charge is -2.34. The van der Waals surface area contributed by atoms with E-state index in [9.17, 15) is 0 Å². The van der Waals surface area contributed by atoms with E-state index in [1.165, 1.54) is 11.8 Å². The van der Waals surface area contributed by atoms with Gasteiger partial charge in [0.05, 0.1) is 23.4 Å². The fraction of sp³-hybridized carbons (Fsp3) is 0.438. The highest BCUT2D eigenvalue weighted by Gasteiger charge is 2.27. The van der Waals surface area contributed by atoms with Crippen LogP contribution < -0.4 is 5.32 Å². The van der Waals surface area contributed by atoms with Crippen molar-refractivity contribution in [3.05, 3.63) is 42.1 Å². The average molecular weight is 256 g/mol. The molecule has 0 radical (unpaired) electrons. The first kappa shape index (κ1) is 12.6. The highest BCUT2D eigenvalue weighted by atomic mass is 16.5. The van der Waals surface area contributed by atoms with Gasteiger partial charge in [0.15, 0.2) is 0 Å². The van der Waals surface area contributed by atoms with Gasteiger partial charge in [-0.25, -0.2) is 0 Å². The summed E-state index contributed by atoms with van der Waals surface area (Å²) in [5.41, 5.74) is 1.99. The van der Waals surface area contributed by atoms with E-state index in [1.807, 2.05) is 18.2 Å². The third kappa shape index (κ3) is 2.94. The molecule has 1 saturated heterocycles. The molecule has 1 unspecified atom stereocenters. The number of hydrogen-bond donors (Lipinski definition) is 1. The van der Waals surface area contributed by atoms with Crippen LogP contribution in [0.4, 0.5) is 0 Å². The second-order valence-corrected chi connectivity index (χ2v) is 5.51. The summed E-state index contributed by atoms with van der Waals surface area (Å²) in [5, 5.41) is 4.57. The molecule has 1 atom stereocenters. The zero-order valence-corrected chi connectivity index (χ0v) is 11.4.